The molecule has 0 spiro atoms. The Kier molecular flexibility index (Phi) is 5.35. The standard InChI is InChI=1S/C13H12OS/c1-2-15-11-7-6-10-13(14)12-8-4-3-5-9-12/h3-5,7-9,11H,2H2,1H3. The number of benzene rings is 1. The van der Waals surface area contributed by atoms with Gasteiger partial charge in [-0.25, -0.2) is 0 Å². The van der Waals surface area contributed by atoms with Crippen molar-refractivity contribution in [2.24, 2.45) is 0 Å². The molecule has 0 atom stereocenters. The number of thioether (sulfide) groups is 1. The van der Waals surface area contributed by atoms with Crippen molar-refractivity contribution in [3.05, 3.63) is 47.4 Å². The number of allylic oxidation sites excluding steroid dienone is 1. The van der Waals surface area contributed by atoms with Crippen LogP contribution in [0.2, 0.25) is 0 Å². The molecule has 0 saturated heterocycles. The molecule has 0 aromatic heterocycles. The van der Waals surface area contributed by atoms with Crippen LogP contribution in [0.25, 0.3) is 0 Å². The van der Waals surface area contributed by atoms with Gasteiger partial charge in [-0.1, -0.05) is 43.2 Å². The quantitative estimate of drug-likeness (QED) is 0.438. The predicted octanol–water partition coefficient (Wildman–Crippen LogP) is 3.14. The van der Waals surface area contributed by atoms with Crippen molar-refractivity contribution in [3.8, 4) is 11.8 Å². The van der Waals surface area contributed by atoms with E-state index in [1.807, 2.05) is 23.6 Å². The van der Waals surface area contributed by atoms with Gasteiger partial charge >= 0.3 is 0 Å². The Morgan fingerprint density at radius 2 is 2.13 bits per heavy atom. The predicted molar refractivity (Wildman–Crippen MR) is 65.8 cm³/mol. The molecule has 2 heteroatoms. The van der Waals surface area contributed by atoms with Gasteiger partial charge in [0, 0.05) is 5.56 Å². The number of ketones is 1. The Balaban J connectivity index is 2.56. The van der Waals surface area contributed by atoms with Crippen molar-refractivity contribution >= 4 is 17.5 Å². The average molecular weight is 216 g/mol. The summed E-state index contributed by atoms with van der Waals surface area (Å²) in [5.41, 5.74) is 0.640. The lowest BCUT2D eigenvalue weighted by Gasteiger charge is -1.89. The van der Waals surface area contributed by atoms with E-state index >= 15 is 0 Å². The molecule has 1 aromatic rings. The van der Waals surface area contributed by atoms with Gasteiger partial charge in [-0.3, -0.25) is 4.79 Å². The summed E-state index contributed by atoms with van der Waals surface area (Å²) in [4.78, 5) is 11.5. The summed E-state index contributed by atoms with van der Waals surface area (Å²) >= 11 is 1.66. The first-order valence-electron chi connectivity index (χ1n) is 4.72. The highest BCUT2D eigenvalue weighted by atomic mass is 32.2. The second-order valence-electron chi connectivity index (χ2n) is 2.72. The molecule has 0 amide bonds. The van der Waals surface area contributed by atoms with E-state index < -0.39 is 0 Å². The molecule has 0 saturated carbocycles. The maximum atomic E-state index is 11.5. The fourth-order valence-electron chi connectivity index (χ4n) is 0.947. The van der Waals surface area contributed by atoms with Gasteiger partial charge in [0.2, 0.25) is 5.78 Å². The van der Waals surface area contributed by atoms with Gasteiger partial charge in [0.05, 0.1) is 0 Å². The number of Topliss-reactive ketones (excluding diaryl/α,β-unsaturated/α-hetero) is 1. The van der Waals surface area contributed by atoms with Crippen LogP contribution in [0.5, 0.6) is 0 Å². The SMILES string of the molecule is CCSC=CC#CC(=O)c1ccccc1. The third kappa shape index (κ3) is 4.53. The van der Waals surface area contributed by atoms with E-state index in [4.69, 9.17) is 0 Å². The van der Waals surface area contributed by atoms with Crippen LogP contribution >= 0.6 is 11.8 Å². The minimum atomic E-state index is -0.137. The van der Waals surface area contributed by atoms with E-state index in [-0.39, 0.29) is 5.78 Å². The highest BCUT2D eigenvalue weighted by Crippen LogP contribution is 2.00. The van der Waals surface area contributed by atoms with Crippen LogP contribution in [0.1, 0.15) is 17.3 Å². The zero-order valence-corrected chi connectivity index (χ0v) is 9.38. The van der Waals surface area contributed by atoms with Crippen LogP contribution in [0.3, 0.4) is 0 Å². The molecule has 0 radical (unpaired) electrons. The van der Waals surface area contributed by atoms with E-state index in [1.54, 1.807) is 30.0 Å². The monoisotopic (exact) mass is 216 g/mol. The fraction of sp³-hybridized carbons (Fsp3) is 0.154. The van der Waals surface area contributed by atoms with Crippen LogP contribution < -0.4 is 0 Å². The minimum Gasteiger partial charge on any atom is -0.279 e. The van der Waals surface area contributed by atoms with Crippen molar-refractivity contribution in [1.82, 2.24) is 0 Å². The molecular weight excluding hydrogens is 204 g/mol. The van der Waals surface area contributed by atoms with Crippen LogP contribution in [0, 0.1) is 11.8 Å². The van der Waals surface area contributed by atoms with Gasteiger partial charge in [0.1, 0.15) is 0 Å². The van der Waals surface area contributed by atoms with Gasteiger partial charge < -0.3 is 0 Å². The summed E-state index contributed by atoms with van der Waals surface area (Å²) in [7, 11) is 0. The Morgan fingerprint density at radius 1 is 1.40 bits per heavy atom. The van der Waals surface area contributed by atoms with E-state index in [2.05, 4.69) is 18.8 Å². The normalized spacial score (nSPS) is 9.67. The number of hydrogen-bond donors (Lipinski definition) is 0. The second-order valence-corrected chi connectivity index (χ2v) is 3.91. The lowest BCUT2D eigenvalue weighted by atomic mass is 10.1. The molecular formula is C13H12OS. The Bertz CT molecular complexity index is 396. The van der Waals surface area contributed by atoms with Crippen LogP contribution in [-0.4, -0.2) is 11.5 Å². The molecule has 0 N–H and O–H groups in total. The molecule has 15 heavy (non-hydrogen) atoms. The zero-order chi connectivity index (χ0) is 10.9. The Morgan fingerprint density at radius 3 is 2.80 bits per heavy atom. The summed E-state index contributed by atoms with van der Waals surface area (Å²) in [6, 6.07) is 9.07. The molecule has 76 valence electrons. The van der Waals surface area contributed by atoms with Gasteiger partial charge in [-0.05, 0) is 23.2 Å². The fourth-order valence-corrected chi connectivity index (χ4v) is 1.30. The maximum absolute atomic E-state index is 11.5. The minimum absolute atomic E-state index is 0.137. The van der Waals surface area contributed by atoms with Crippen molar-refractivity contribution in [2.45, 2.75) is 6.92 Å². The van der Waals surface area contributed by atoms with Crippen molar-refractivity contribution in [2.75, 3.05) is 5.75 Å². The molecule has 0 unspecified atom stereocenters. The Hall–Kier alpha value is -1.46. The first-order valence-corrected chi connectivity index (χ1v) is 5.77. The van der Waals surface area contributed by atoms with Gasteiger partial charge in [-0.15, -0.1) is 11.8 Å². The number of rotatable bonds is 3. The molecule has 0 aliphatic heterocycles. The van der Waals surface area contributed by atoms with E-state index in [0.29, 0.717) is 5.56 Å². The third-order valence-corrected chi connectivity index (χ3v) is 2.30. The summed E-state index contributed by atoms with van der Waals surface area (Å²) in [6.45, 7) is 2.07. The van der Waals surface area contributed by atoms with E-state index in [0.717, 1.165) is 5.75 Å². The van der Waals surface area contributed by atoms with Crippen LogP contribution in [0.4, 0.5) is 0 Å². The average Bonchev–Trinajstić information content (AvgIpc) is 2.30. The number of hydrogen-bond acceptors (Lipinski definition) is 2. The highest BCUT2D eigenvalue weighted by molar-refractivity contribution is 8.02. The maximum Gasteiger partial charge on any atom is 0.236 e. The highest BCUT2D eigenvalue weighted by Gasteiger charge is 1.97. The first kappa shape index (κ1) is 11.6. The van der Waals surface area contributed by atoms with Gasteiger partial charge in [0.15, 0.2) is 0 Å². The third-order valence-electron chi connectivity index (χ3n) is 1.64. The van der Waals surface area contributed by atoms with Gasteiger partial charge in [0.25, 0.3) is 0 Å². The molecule has 0 aliphatic carbocycles. The summed E-state index contributed by atoms with van der Waals surface area (Å²) in [5.74, 6) is 6.17. The molecule has 0 bridgehead atoms. The largest absolute Gasteiger partial charge is 0.279 e. The number of carbonyl (C=O) groups excluding carboxylic acids is 1. The summed E-state index contributed by atoms with van der Waals surface area (Å²) in [5, 5.41) is 1.89. The topological polar surface area (TPSA) is 17.1 Å². The summed E-state index contributed by atoms with van der Waals surface area (Å²) < 4.78 is 0. The van der Waals surface area contributed by atoms with Crippen LogP contribution in [0.15, 0.2) is 41.8 Å². The second kappa shape index (κ2) is 6.92. The molecule has 1 nitrogen and oxygen atoms in total. The van der Waals surface area contributed by atoms with Crippen molar-refractivity contribution < 1.29 is 4.79 Å². The van der Waals surface area contributed by atoms with Gasteiger partial charge in [-0.2, -0.15) is 0 Å². The molecule has 1 aromatic carbocycles. The Labute approximate surface area is 94.6 Å². The van der Waals surface area contributed by atoms with Crippen molar-refractivity contribution in [1.29, 1.82) is 0 Å². The summed E-state index contributed by atoms with van der Waals surface area (Å²) in [6.07, 6.45) is 1.70. The van der Waals surface area contributed by atoms with E-state index in [9.17, 15) is 4.79 Å². The first-order chi connectivity index (χ1) is 7.34. The number of carbonyl (C=O) groups is 1. The van der Waals surface area contributed by atoms with E-state index in [1.165, 1.54) is 0 Å². The molecule has 0 heterocycles. The lowest BCUT2D eigenvalue weighted by molar-refractivity contribution is 0.105. The molecule has 1 rings (SSSR count). The van der Waals surface area contributed by atoms with Crippen LogP contribution in [-0.2, 0) is 0 Å². The zero-order valence-electron chi connectivity index (χ0n) is 8.57. The lowest BCUT2D eigenvalue weighted by Crippen LogP contribution is -1.92. The van der Waals surface area contributed by atoms with Crippen molar-refractivity contribution in [3.63, 3.8) is 0 Å². The molecule has 0 aliphatic rings. The molecule has 0 fully saturated rings. The smallest absolute Gasteiger partial charge is 0.236 e.